The predicted molar refractivity (Wildman–Crippen MR) is 90.0 cm³/mol. The van der Waals surface area contributed by atoms with Crippen molar-refractivity contribution in [3.05, 3.63) is 45.5 Å². The molecule has 1 fully saturated rings. The molecule has 1 aliphatic heterocycles. The number of nitrogens with one attached hydrogen (secondary N) is 1. The highest BCUT2D eigenvalue weighted by molar-refractivity contribution is 7.13. The Morgan fingerprint density at radius 1 is 1.48 bits per heavy atom. The molecule has 3 heterocycles. The number of aliphatic hydroxyl groups is 1. The summed E-state index contributed by atoms with van der Waals surface area (Å²) in [7, 11) is 0. The Balaban J connectivity index is 1.69. The van der Waals surface area contributed by atoms with Crippen LogP contribution in [-0.2, 0) is 6.54 Å². The Morgan fingerprint density at radius 2 is 2.26 bits per heavy atom. The van der Waals surface area contributed by atoms with Crippen molar-refractivity contribution in [2.45, 2.75) is 25.5 Å². The number of pyridine rings is 1. The molecule has 0 radical (unpaired) electrons. The van der Waals surface area contributed by atoms with Crippen LogP contribution in [0.3, 0.4) is 0 Å². The van der Waals surface area contributed by atoms with Crippen molar-refractivity contribution in [3.8, 4) is 0 Å². The fourth-order valence-corrected chi connectivity index (χ4v) is 3.34. The average molecular weight is 334 g/mol. The second-order valence-electron chi connectivity index (χ2n) is 5.50. The maximum absolute atomic E-state index is 10.7. The summed E-state index contributed by atoms with van der Waals surface area (Å²) in [4.78, 5) is 17.0. The van der Waals surface area contributed by atoms with Gasteiger partial charge in [-0.2, -0.15) is 0 Å². The van der Waals surface area contributed by atoms with Gasteiger partial charge in [-0.15, -0.1) is 0 Å². The Kier molecular flexibility index (Phi) is 4.73. The zero-order valence-electron chi connectivity index (χ0n) is 12.5. The first-order valence-electron chi connectivity index (χ1n) is 7.47. The quantitative estimate of drug-likeness (QED) is 0.645. The van der Waals surface area contributed by atoms with Crippen LogP contribution in [0.15, 0.2) is 29.8 Å². The third-order valence-electron chi connectivity index (χ3n) is 3.85. The van der Waals surface area contributed by atoms with E-state index in [-0.39, 0.29) is 16.0 Å². The summed E-state index contributed by atoms with van der Waals surface area (Å²) < 4.78 is 0. The lowest BCUT2D eigenvalue weighted by Crippen LogP contribution is -2.36. The van der Waals surface area contributed by atoms with Crippen LogP contribution in [0.25, 0.3) is 0 Å². The Hall–Kier alpha value is -2.19. The van der Waals surface area contributed by atoms with Gasteiger partial charge in [0, 0.05) is 37.3 Å². The van der Waals surface area contributed by atoms with Gasteiger partial charge in [0.05, 0.1) is 16.7 Å². The molecule has 122 valence electrons. The molecular formula is C15H18N4O3S. The molecule has 2 N–H and O–H groups in total. The molecule has 1 saturated heterocycles. The molecule has 0 aliphatic carbocycles. The van der Waals surface area contributed by atoms with Gasteiger partial charge in [-0.25, -0.2) is 4.98 Å². The van der Waals surface area contributed by atoms with E-state index in [1.54, 1.807) is 17.6 Å². The molecule has 0 spiro atoms. The molecule has 7 nitrogen and oxygen atoms in total. The lowest BCUT2D eigenvalue weighted by molar-refractivity contribution is -0.380. The summed E-state index contributed by atoms with van der Waals surface area (Å²) >= 11 is 1.13. The van der Waals surface area contributed by atoms with E-state index in [4.69, 9.17) is 0 Å². The predicted octanol–water partition coefficient (Wildman–Crippen LogP) is 2.62. The van der Waals surface area contributed by atoms with Crippen LogP contribution in [0.4, 0.5) is 16.5 Å². The van der Waals surface area contributed by atoms with E-state index in [2.05, 4.69) is 15.2 Å². The van der Waals surface area contributed by atoms with E-state index < -0.39 is 0 Å². The Bertz CT molecular complexity index is 683. The Labute approximate surface area is 137 Å². The van der Waals surface area contributed by atoms with Gasteiger partial charge in [0.15, 0.2) is 5.82 Å². The molecule has 8 heteroatoms. The van der Waals surface area contributed by atoms with Crippen LogP contribution < -0.4 is 10.2 Å². The second kappa shape index (κ2) is 6.93. The van der Waals surface area contributed by atoms with Crippen LogP contribution in [-0.4, -0.2) is 34.2 Å². The van der Waals surface area contributed by atoms with Gasteiger partial charge in [0.25, 0.3) is 0 Å². The fourth-order valence-electron chi connectivity index (χ4n) is 2.61. The highest BCUT2D eigenvalue weighted by Crippen LogP contribution is 2.28. The van der Waals surface area contributed by atoms with Gasteiger partial charge in [-0.05, 0) is 30.5 Å². The number of aromatic nitrogens is 1. The van der Waals surface area contributed by atoms with Crippen LogP contribution in [0.1, 0.15) is 18.4 Å². The SMILES string of the molecule is O=[N+]([O-])c1cc(CNc2cccnc2N2CCC(O)CC2)cs1. The number of hydrogen-bond acceptors (Lipinski definition) is 7. The van der Waals surface area contributed by atoms with Crippen molar-refractivity contribution in [1.82, 2.24) is 4.98 Å². The second-order valence-corrected chi connectivity index (χ2v) is 6.39. The third-order valence-corrected chi connectivity index (χ3v) is 4.78. The van der Waals surface area contributed by atoms with Crippen molar-refractivity contribution in [1.29, 1.82) is 0 Å². The summed E-state index contributed by atoms with van der Waals surface area (Å²) in [6.45, 7) is 2.06. The van der Waals surface area contributed by atoms with Gasteiger partial charge < -0.3 is 15.3 Å². The van der Waals surface area contributed by atoms with E-state index in [1.165, 1.54) is 0 Å². The van der Waals surface area contributed by atoms with E-state index in [0.717, 1.165) is 54.3 Å². The number of anilines is 2. The molecule has 0 bridgehead atoms. The van der Waals surface area contributed by atoms with Gasteiger partial charge in [0.2, 0.25) is 0 Å². The third kappa shape index (κ3) is 3.77. The first-order chi connectivity index (χ1) is 11.1. The minimum Gasteiger partial charge on any atom is -0.393 e. The molecular weight excluding hydrogens is 316 g/mol. The van der Waals surface area contributed by atoms with Crippen molar-refractivity contribution >= 4 is 27.8 Å². The van der Waals surface area contributed by atoms with E-state index in [0.29, 0.717) is 6.54 Å². The maximum atomic E-state index is 10.7. The zero-order valence-corrected chi connectivity index (χ0v) is 13.3. The van der Waals surface area contributed by atoms with Crippen LogP contribution >= 0.6 is 11.3 Å². The van der Waals surface area contributed by atoms with E-state index in [9.17, 15) is 15.2 Å². The highest BCUT2D eigenvalue weighted by Gasteiger charge is 2.20. The monoisotopic (exact) mass is 334 g/mol. The highest BCUT2D eigenvalue weighted by atomic mass is 32.1. The average Bonchev–Trinajstić information content (AvgIpc) is 3.03. The summed E-state index contributed by atoms with van der Waals surface area (Å²) in [5.41, 5.74) is 1.78. The first kappa shape index (κ1) is 15.7. The summed E-state index contributed by atoms with van der Waals surface area (Å²) in [5, 5.41) is 25.6. The van der Waals surface area contributed by atoms with Gasteiger partial charge in [-0.1, -0.05) is 11.3 Å². The number of aliphatic hydroxyl groups excluding tert-OH is 1. The minimum atomic E-state index is -0.372. The number of rotatable bonds is 5. The van der Waals surface area contributed by atoms with Crippen molar-refractivity contribution in [3.63, 3.8) is 0 Å². The van der Waals surface area contributed by atoms with E-state index in [1.807, 2.05) is 12.1 Å². The van der Waals surface area contributed by atoms with Gasteiger partial charge >= 0.3 is 5.00 Å². The topological polar surface area (TPSA) is 91.5 Å². The van der Waals surface area contributed by atoms with Crippen molar-refractivity contribution in [2.75, 3.05) is 23.3 Å². The fraction of sp³-hybridized carbons (Fsp3) is 0.400. The lowest BCUT2D eigenvalue weighted by Gasteiger charge is -2.31. The van der Waals surface area contributed by atoms with Crippen LogP contribution in [0.5, 0.6) is 0 Å². The lowest BCUT2D eigenvalue weighted by atomic mass is 10.1. The van der Waals surface area contributed by atoms with Crippen LogP contribution in [0.2, 0.25) is 0 Å². The molecule has 0 amide bonds. The number of nitro groups is 1. The minimum absolute atomic E-state index is 0.151. The molecule has 0 saturated carbocycles. The standard InChI is InChI=1S/C15H18N4O3S/c20-12-3-6-18(7-4-12)15-13(2-1-5-16-15)17-9-11-8-14(19(21)22)23-10-11/h1-2,5,8,10,12,17,20H,3-4,6-7,9H2. The van der Waals surface area contributed by atoms with E-state index >= 15 is 0 Å². The first-order valence-corrected chi connectivity index (χ1v) is 8.35. The molecule has 23 heavy (non-hydrogen) atoms. The van der Waals surface area contributed by atoms with Gasteiger partial charge in [-0.3, -0.25) is 10.1 Å². The number of piperidine rings is 1. The molecule has 0 aromatic carbocycles. The number of nitrogens with zero attached hydrogens (tertiary/aromatic N) is 3. The molecule has 3 rings (SSSR count). The molecule has 1 aliphatic rings. The van der Waals surface area contributed by atoms with Gasteiger partial charge in [0.1, 0.15) is 0 Å². The van der Waals surface area contributed by atoms with Crippen molar-refractivity contribution in [2.24, 2.45) is 0 Å². The summed E-state index contributed by atoms with van der Waals surface area (Å²) in [6.07, 6.45) is 3.01. The Morgan fingerprint density at radius 3 is 2.96 bits per heavy atom. The number of thiophene rings is 1. The maximum Gasteiger partial charge on any atom is 0.324 e. The largest absolute Gasteiger partial charge is 0.393 e. The summed E-state index contributed by atoms with van der Waals surface area (Å²) in [6, 6.07) is 5.40. The van der Waals surface area contributed by atoms with Crippen LogP contribution in [0, 0.1) is 10.1 Å². The summed E-state index contributed by atoms with van der Waals surface area (Å²) in [5.74, 6) is 0.865. The molecule has 0 unspecified atom stereocenters. The molecule has 2 aromatic heterocycles. The van der Waals surface area contributed by atoms with Crippen molar-refractivity contribution < 1.29 is 10.0 Å². The smallest absolute Gasteiger partial charge is 0.324 e. The number of hydrogen-bond donors (Lipinski definition) is 2. The molecule has 0 atom stereocenters. The normalized spacial score (nSPS) is 15.6. The zero-order chi connectivity index (χ0) is 16.2. The molecule has 2 aromatic rings.